The van der Waals surface area contributed by atoms with Crippen molar-refractivity contribution in [1.82, 2.24) is 10.6 Å². The van der Waals surface area contributed by atoms with Gasteiger partial charge in [-0.15, -0.1) is 0 Å². The topological polar surface area (TPSA) is 50.4 Å². The molecule has 2 rings (SSSR count). The lowest BCUT2D eigenvalue weighted by molar-refractivity contribution is -0.135. The van der Waals surface area contributed by atoms with E-state index in [4.69, 9.17) is 4.74 Å². The summed E-state index contributed by atoms with van der Waals surface area (Å²) in [5, 5.41) is 6.16. The average molecular weight is 198 g/mol. The Morgan fingerprint density at radius 3 is 2.93 bits per heavy atom. The molecule has 0 aromatic carbocycles. The van der Waals surface area contributed by atoms with Gasteiger partial charge in [-0.2, -0.15) is 0 Å². The maximum atomic E-state index is 11.7. The van der Waals surface area contributed by atoms with Gasteiger partial charge in [-0.3, -0.25) is 4.79 Å². The Kier molecular flexibility index (Phi) is 3.03. The highest BCUT2D eigenvalue weighted by atomic mass is 16.5. The fourth-order valence-electron chi connectivity index (χ4n) is 1.77. The van der Waals surface area contributed by atoms with Crippen LogP contribution in [0.2, 0.25) is 0 Å². The Morgan fingerprint density at radius 1 is 1.57 bits per heavy atom. The number of nitrogens with one attached hydrogen (secondary N) is 2. The Labute approximate surface area is 84.4 Å². The molecule has 1 saturated heterocycles. The third-order valence-electron chi connectivity index (χ3n) is 2.92. The molecule has 0 aromatic rings. The zero-order chi connectivity index (χ0) is 9.97. The number of carbonyl (C=O) groups excluding carboxylic acids is 1. The largest absolute Gasteiger partial charge is 0.366 e. The van der Waals surface area contributed by atoms with Crippen molar-refractivity contribution < 1.29 is 9.53 Å². The van der Waals surface area contributed by atoms with Gasteiger partial charge >= 0.3 is 0 Å². The Morgan fingerprint density at radius 2 is 2.36 bits per heavy atom. The van der Waals surface area contributed by atoms with Crippen molar-refractivity contribution in [1.29, 1.82) is 0 Å². The normalized spacial score (nSPS) is 29.6. The first kappa shape index (κ1) is 9.93. The Balaban J connectivity index is 1.75. The maximum absolute atomic E-state index is 11.7. The number of ether oxygens (including phenoxy) is 1. The van der Waals surface area contributed by atoms with Gasteiger partial charge in [0.15, 0.2) is 0 Å². The third-order valence-corrected chi connectivity index (χ3v) is 2.92. The summed E-state index contributed by atoms with van der Waals surface area (Å²) in [7, 11) is 0. The first-order valence-electron chi connectivity index (χ1n) is 5.40. The molecule has 4 heteroatoms. The summed E-state index contributed by atoms with van der Waals surface area (Å²) in [4.78, 5) is 11.7. The zero-order valence-corrected chi connectivity index (χ0v) is 8.58. The minimum Gasteiger partial charge on any atom is -0.366 e. The van der Waals surface area contributed by atoms with Gasteiger partial charge in [-0.25, -0.2) is 0 Å². The highest BCUT2D eigenvalue weighted by molar-refractivity contribution is 5.81. The molecule has 1 amide bonds. The summed E-state index contributed by atoms with van der Waals surface area (Å²) in [6.45, 7) is 4.20. The van der Waals surface area contributed by atoms with Gasteiger partial charge in [0.05, 0.1) is 6.61 Å². The summed E-state index contributed by atoms with van der Waals surface area (Å²) >= 11 is 0. The smallest absolute Gasteiger partial charge is 0.250 e. The predicted octanol–water partition coefficient (Wildman–Crippen LogP) is -0.111. The number of morpholine rings is 1. The standard InChI is InChI=1S/C10H18N2O2/c1-7(8-2-3-8)12-10(13)9-6-11-4-5-14-9/h7-9,11H,2-6H2,1H3,(H,12,13). The van der Waals surface area contributed by atoms with Crippen LogP contribution in [0.4, 0.5) is 0 Å². The molecule has 2 N–H and O–H groups in total. The molecule has 1 aliphatic carbocycles. The molecule has 4 nitrogen and oxygen atoms in total. The number of carbonyl (C=O) groups is 1. The van der Waals surface area contributed by atoms with Gasteiger partial charge in [0.1, 0.15) is 6.10 Å². The van der Waals surface area contributed by atoms with Crippen molar-refractivity contribution in [3.63, 3.8) is 0 Å². The van der Waals surface area contributed by atoms with Gasteiger partial charge in [-0.05, 0) is 25.7 Å². The van der Waals surface area contributed by atoms with Crippen molar-refractivity contribution >= 4 is 5.91 Å². The number of hydrogen-bond donors (Lipinski definition) is 2. The lowest BCUT2D eigenvalue weighted by atomic mass is 10.2. The number of rotatable bonds is 3. The highest BCUT2D eigenvalue weighted by Gasteiger charge is 2.31. The molecule has 14 heavy (non-hydrogen) atoms. The van der Waals surface area contributed by atoms with Crippen molar-refractivity contribution in [3.05, 3.63) is 0 Å². The molecule has 0 spiro atoms. The summed E-state index contributed by atoms with van der Waals surface area (Å²) in [6.07, 6.45) is 2.22. The maximum Gasteiger partial charge on any atom is 0.250 e. The molecule has 2 aliphatic rings. The second kappa shape index (κ2) is 4.28. The van der Waals surface area contributed by atoms with E-state index < -0.39 is 0 Å². The van der Waals surface area contributed by atoms with Crippen LogP contribution in [0.1, 0.15) is 19.8 Å². The van der Waals surface area contributed by atoms with Crippen LogP contribution in [-0.4, -0.2) is 37.7 Å². The van der Waals surface area contributed by atoms with E-state index in [0.717, 1.165) is 6.54 Å². The van der Waals surface area contributed by atoms with E-state index in [1.165, 1.54) is 12.8 Å². The number of hydrogen-bond acceptors (Lipinski definition) is 3. The van der Waals surface area contributed by atoms with E-state index in [0.29, 0.717) is 25.1 Å². The zero-order valence-electron chi connectivity index (χ0n) is 8.58. The van der Waals surface area contributed by atoms with Crippen LogP contribution in [0.5, 0.6) is 0 Å². The van der Waals surface area contributed by atoms with E-state index in [9.17, 15) is 4.79 Å². The van der Waals surface area contributed by atoms with Crippen LogP contribution in [0, 0.1) is 5.92 Å². The molecule has 1 saturated carbocycles. The van der Waals surface area contributed by atoms with Crippen molar-refractivity contribution in [2.75, 3.05) is 19.7 Å². The van der Waals surface area contributed by atoms with Crippen LogP contribution in [0.15, 0.2) is 0 Å². The van der Waals surface area contributed by atoms with Crippen LogP contribution in [-0.2, 0) is 9.53 Å². The van der Waals surface area contributed by atoms with E-state index in [1.54, 1.807) is 0 Å². The summed E-state index contributed by atoms with van der Waals surface area (Å²) < 4.78 is 5.37. The summed E-state index contributed by atoms with van der Waals surface area (Å²) in [5.74, 6) is 0.743. The van der Waals surface area contributed by atoms with E-state index in [2.05, 4.69) is 17.6 Å². The van der Waals surface area contributed by atoms with Gasteiger partial charge in [0.25, 0.3) is 5.91 Å². The monoisotopic (exact) mass is 198 g/mol. The van der Waals surface area contributed by atoms with Crippen molar-refractivity contribution in [2.45, 2.75) is 31.9 Å². The predicted molar refractivity (Wildman–Crippen MR) is 52.9 cm³/mol. The third kappa shape index (κ3) is 2.45. The molecular formula is C10H18N2O2. The molecule has 1 aliphatic heterocycles. The van der Waals surface area contributed by atoms with Gasteiger partial charge in [0, 0.05) is 19.1 Å². The molecule has 80 valence electrons. The quantitative estimate of drug-likeness (QED) is 0.665. The highest BCUT2D eigenvalue weighted by Crippen LogP contribution is 2.32. The fourth-order valence-corrected chi connectivity index (χ4v) is 1.77. The van der Waals surface area contributed by atoms with Crippen molar-refractivity contribution in [3.8, 4) is 0 Å². The fraction of sp³-hybridized carbons (Fsp3) is 0.900. The SMILES string of the molecule is CC(NC(=O)C1CNCCO1)C1CC1. The summed E-state index contributed by atoms with van der Waals surface area (Å²) in [6, 6.07) is 0.313. The Bertz CT molecular complexity index is 210. The molecule has 0 radical (unpaired) electrons. The summed E-state index contributed by atoms with van der Waals surface area (Å²) in [5.41, 5.74) is 0. The van der Waals surface area contributed by atoms with E-state index in [-0.39, 0.29) is 12.0 Å². The minimum absolute atomic E-state index is 0.0385. The van der Waals surface area contributed by atoms with E-state index in [1.807, 2.05) is 0 Å². The average Bonchev–Trinajstić information content (AvgIpc) is 3.02. The van der Waals surface area contributed by atoms with E-state index >= 15 is 0 Å². The first-order chi connectivity index (χ1) is 6.77. The number of amides is 1. The van der Waals surface area contributed by atoms with Crippen LogP contribution < -0.4 is 10.6 Å². The molecule has 2 fully saturated rings. The molecule has 2 unspecified atom stereocenters. The van der Waals surface area contributed by atoms with Crippen molar-refractivity contribution in [2.24, 2.45) is 5.92 Å². The van der Waals surface area contributed by atoms with Crippen LogP contribution in [0.25, 0.3) is 0 Å². The lowest BCUT2D eigenvalue weighted by Crippen LogP contribution is -2.50. The lowest BCUT2D eigenvalue weighted by Gasteiger charge is -2.24. The van der Waals surface area contributed by atoms with Gasteiger partial charge < -0.3 is 15.4 Å². The molecule has 2 atom stereocenters. The Hall–Kier alpha value is -0.610. The molecule has 0 aromatic heterocycles. The first-order valence-corrected chi connectivity index (χ1v) is 5.40. The second-order valence-corrected chi connectivity index (χ2v) is 4.20. The van der Waals surface area contributed by atoms with Gasteiger partial charge in [0.2, 0.25) is 0 Å². The molecule has 1 heterocycles. The second-order valence-electron chi connectivity index (χ2n) is 4.20. The molecular weight excluding hydrogens is 180 g/mol. The minimum atomic E-state index is -0.287. The van der Waals surface area contributed by atoms with Crippen LogP contribution in [0.3, 0.4) is 0 Å². The van der Waals surface area contributed by atoms with Gasteiger partial charge in [-0.1, -0.05) is 0 Å². The van der Waals surface area contributed by atoms with Crippen LogP contribution >= 0.6 is 0 Å². The molecule has 0 bridgehead atoms.